The van der Waals surface area contributed by atoms with Crippen molar-refractivity contribution >= 4 is 0 Å². The maximum atomic E-state index is 13.1. The molecule has 0 bridgehead atoms. The maximum absolute atomic E-state index is 13.1. The molecule has 3 nitrogen and oxygen atoms in total. The monoisotopic (exact) mass is 296 g/mol. The Kier molecular flexibility index (Phi) is 4.52. The van der Waals surface area contributed by atoms with Gasteiger partial charge in [-0.05, 0) is 56.0 Å². The Balaban J connectivity index is 1.41. The van der Waals surface area contributed by atoms with Crippen LogP contribution in [0.4, 0.5) is 8.78 Å². The minimum absolute atomic E-state index is 0.366. The molecule has 21 heavy (non-hydrogen) atoms. The summed E-state index contributed by atoms with van der Waals surface area (Å²) in [7, 11) is 0. The Morgan fingerprint density at radius 3 is 2.76 bits per heavy atom. The van der Waals surface area contributed by atoms with Gasteiger partial charge in [0.2, 0.25) is 0 Å². The number of hydrogen-bond acceptors (Lipinski definition) is 3. The van der Waals surface area contributed by atoms with Crippen molar-refractivity contribution < 1.29 is 13.9 Å². The minimum atomic E-state index is -0.914. The molecule has 2 fully saturated rings. The highest BCUT2D eigenvalue weighted by Crippen LogP contribution is 2.31. The van der Waals surface area contributed by atoms with Gasteiger partial charge >= 0.3 is 0 Å². The van der Waals surface area contributed by atoms with Crippen LogP contribution in [0.15, 0.2) is 18.2 Å². The number of likely N-dealkylation sites (tertiary alicyclic amines) is 1. The molecule has 5 heteroatoms. The van der Waals surface area contributed by atoms with Crippen molar-refractivity contribution in [3.8, 4) is 0 Å². The summed E-state index contributed by atoms with van der Waals surface area (Å²) in [5.74, 6) is -1.17. The smallest absolute Gasteiger partial charge is 0.159 e. The van der Waals surface area contributed by atoms with Gasteiger partial charge in [0.15, 0.2) is 11.6 Å². The van der Waals surface area contributed by atoms with E-state index in [1.54, 1.807) is 0 Å². The topological polar surface area (TPSA) is 35.5 Å². The minimum Gasteiger partial charge on any atom is -0.387 e. The molecule has 1 aliphatic heterocycles. The summed E-state index contributed by atoms with van der Waals surface area (Å²) in [4.78, 5) is 2.55. The van der Waals surface area contributed by atoms with E-state index in [0.29, 0.717) is 18.0 Å². The molecule has 2 atom stereocenters. The van der Waals surface area contributed by atoms with Gasteiger partial charge in [-0.25, -0.2) is 8.78 Å². The number of benzene rings is 1. The highest BCUT2D eigenvalue weighted by molar-refractivity contribution is 5.20. The first-order valence-electron chi connectivity index (χ1n) is 7.71. The second-order valence-corrected chi connectivity index (χ2v) is 6.23. The fourth-order valence-corrected chi connectivity index (χ4v) is 3.06. The first-order valence-corrected chi connectivity index (χ1v) is 7.71. The predicted octanol–water partition coefficient (Wildman–Crippen LogP) is 2.07. The Morgan fingerprint density at radius 2 is 2.05 bits per heavy atom. The Hall–Kier alpha value is -1.04. The largest absolute Gasteiger partial charge is 0.387 e. The molecular formula is C16H22F2N2O. The number of nitrogens with one attached hydrogen (secondary N) is 1. The lowest BCUT2D eigenvalue weighted by Crippen LogP contribution is -2.30. The van der Waals surface area contributed by atoms with Crippen molar-refractivity contribution in [1.82, 2.24) is 10.2 Å². The number of aliphatic hydroxyl groups excluding tert-OH is 1. The van der Waals surface area contributed by atoms with E-state index in [9.17, 15) is 13.9 Å². The lowest BCUT2D eigenvalue weighted by Gasteiger charge is -2.17. The average Bonchev–Trinajstić information content (AvgIpc) is 3.22. The van der Waals surface area contributed by atoms with Crippen molar-refractivity contribution in [3.63, 3.8) is 0 Å². The van der Waals surface area contributed by atoms with E-state index in [2.05, 4.69) is 10.2 Å². The normalized spacial score (nSPS) is 24.4. The van der Waals surface area contributed by atoms with Gasteiger partial charge in [0.05, 0.1) is 6.10 Å². The molecule has 1 aliphatic carbocycles. The van der Waals surface area contributed by atoms with Crippen molar-refractivity contribution in [3.05, 3.63) is 35.4 Å². The number of halogens is 2. The van der Waals surface area contributed by atoms with E-state index < -0.39 is 17.7 Å². The zero-order chi connectivity index (χ0) is 14.8. The molecule has 2 aliphatic rings. The fourth-order valence-electron chi connectivity index (χ4n) is 3.06. The van der Waals surface area contributed by atoms with Crippen LogP contribution in [-0.2, 0) is 0 Å². The first kappa shape index (κ1) is 14.9. The number of nitrogens with zero attached hydrogens (tertiary/aromatic N) is 1. The number of hydrogen-bond donors (Lipinski definition) is 2. The molecule has 0 radical (unpaired) electrons. The lowest BCUT2D eigenvalue weighted by atomic mass is 10.1. The van der Waals surface area contributed by atoms with Crippen LogP contribution in [0.2, 0.25) is 0 Å². The molecule has 116 valence electrons. The molecule has 1 aromatic rings. The fraction of sp³-hybridized carbons (Fsp3) is 0.625. The van der Waals surface area contributed by atoms with E-state index in [4.69, 9.17) is 0 Å². The van der Waals surface area contributed by atoms with Crippen molar-refractivity contribution in [2.45, 2.75) is 31.4 Å². The Morgan fingerprint density at radius 1 is 1.24 bits per heavy atom. The van der Waals surface area contributed by atoms with E-state index in [1.807, 2.05) is 0 Å². The van der Waals surface area contributed by atoms with Gasteiger partial charge in [-0.15, -0.1) is 0 Å². The van der Waals surface area contributed by atoms with Crippen molar-refractivity contribution in [2.75, 3.05) is 26.2 Å². The number of rotatable bonds is 6. The van der Waals surface area contributed by atoms with Gasteiger partial charge in [0, 0.05) is 19.1 Å². The van der Waals surface area contributed by atoms with Gasteiger partial charge in [-0.3, -0.25) is 0 Å². The Labute approximate surface area is 124 Å². The van der Waals surface area contributed by atoms with E-state index >= 15 is 0 Å². The van der Waals surface area contributed by atoms with Crippen LogP contribution in [0.3, 0.4) is 0 Å². The zero-order valence-corrected chi connectivity index (χ0v) is 12.1. The molecule has 1 heterocycles. The van der Waals surface area contributed by atoms with Crippen molar-refractivity contribution in [1.29, 1.82) is 0 Å². The van der Waals surface area contributed by atoms with Crippen LogP contribution in [0.1, 0.15) is 30.9 Å². The molecule has 1 aromatic carbocycles. The van der Waals surface area contributed by atoms with Gasteiger partial charge in [0.25, 0.3) is 0 Å². The molecule has 1 saturated carbocycles. The van der Waals surface area contributed by atoms with Crippen LogP contribution in [-0.4, -0.2) is 42.2 Å². The predicted molar refractivity (Wildman–Crippen MR) is 76.9 cm³/mol. The van der Waals surface area contributed by atoms with Crippen LogP contribution in [0, 0.1) is 17.6 Å². The standard InChI is InChI=1S/C16H22F2N2O/c17-14-4-1-12(7-15(14)18)16(21)9-19-8-11-5-6-20(10-11)13-2-3-13/h1,4,7,11,13,16,19,21H,2-3,5-6,8-10H2. The molecule has 3 rings (SSSR count). The van der Waals surface area contributed by atoms with Gasteiger partial charge in [-0.1, -0.05) is 6.07 Å². The number of aliphatic hydroxyl groups is 1. The quantitative estimate of drug-likeness (QED) is 0.843. The third-order valence-electron chi connectivity index (χ3n) is 4.48. The molecule has 1 saturated heterocycles. The van der Waals surface area contributed by atoms with Crippen LogP contribution < -0.4 is 5.32 Å². The summed E-state index contributed by atoms with van der Waals surface area (Å²) < 4.78 is 26.0. The zero-order valence-electron chi connectivity index (χ0n) is 12.1. The molecule has 0 aromatic heterocycles. The summed E-state index contributed by atoms with van der Waals surface area (Å²) in [6.45, 7) is 3.55. The van der Waals surface area contributed by atoms with Gasteiger partial charge in [0.1, 0.15) is 0 Å². The summed E-state index contributed by atoms with van der Waals surface area (Å²) in [6.07, 6.45) is 3.08. The van der Waals surface area contributed by atoms with Gasteiger partial charge in [-0.2, -0.15) is 0 Å². The Bertz CT molecular complexity index is 493. The second-order valence-electron chi connectivity index (χ2n) is 6.23. The van der Waals surface area contributed by atoms with Crippen LogP contribution >= 0.6 is 0 Å². The average molecular weight is 296 g/mol. The van der Waals surface area contributed by atoms with Crippen molar-refractivity contribution in [2.24, 2.45) is 5.92 Å². The molecular weight excluding hydrogens is 274 g/mol. The SMILES string of the molecule is OC(CNCC1CCN(C2CC2)C1)c1ccc(F)c(F)c1. The maximum Gasteiger partial charge on any atom is 0.159 e. The van der Waals surface area contributed by atoms with Crippen LogP contribution in [0.5, 0.6) is 0 Å². The molecule has 2 unspecified atom stereocenters. The molecule has 0 amide bonds. The lowest BCUT2D eigenvalue weighted by molar-refractivity contribution is 0.172. The first-order chi connectivity index (χ1) is 10.1. The van der Waals surface area contributed by atoms with E-state index in [1.165, 1.54) is 31.9 Å². The highest BCUT2D eigenvalue weighted by Gasteiger charge is 2.34. The van der Waals surface area contributed by atoms with E-state index in [-0.39, 0.29) is 0 Å². The molecule has 2 N–H and O–H groups in total. The molecule has 0 spiro atoms. The third kappa shape index (κ3) is 3.78. The summed E-state index contributed by atoms with van der Waals surface area (Å²) in [6, 6.07) is 4.36. The van der Waals surface area contributed by atoms with E-state index in [0.717, 1.165) is 31.3 Å². The van der Waals surface area contributed by atoms with Gasteiger partial charge < -0.3 is 15.3 Å². The highest BCUT2D eigenvalue weighted by atomic mass is 19.2. The van der Waals surface area contributed by atoms with Crippen LogP contribution in [0.25, 0.3) is 0 Å². The summed E-state index contributed by atoms with van der Waals surface area (Å²) in [5, 5.41) is 13.2. The summed E-state index contributed by atoms with van der Waals surface area (Å²) >= 11 is 0. The second kappa shape index (κ2) is 6.38. The summed E-state index contributed by atoms with van der Waals surface area (Å²) in [5.41, 5.74) is 0.410. The third-order valence-corrected chi connectivity index (χ3v) is 4.48.